The van der Waals surface area contributed by atoms with Crippen LogP contribution in [0.3, 0.4) is 0 Å². The number of nitro benzene ring substituents is 1. The minimum Gasteiger partial charge on any atom is -0.492 e. The zero-order valence-corrected chi connectivity index (χ0v) is 46.3. The first-order valence-electron chi connectivity index (χ1n) is 28.5. The van der Waals surface area contributed by atoms with Gasteiger partial charge in [-0.3, -0.25) is 10.1 Å². The summed E-state index contributed by atoms with van der Waals surface area (Å²) < 4.78 is 23.1. The Morgan fingerprint density at radius 2 is 0.803 bits per heavy atom. The van der Waals surface area contributed by atoms with Gasteiger partial charge >= 0.3 is 17.6 Å². The number of hydrogen-bond acceptors (Lipinski definition) is 8. The van der Waals surface area contributed by atoms with Gasteiger partial charge in [-0.25, -0.2) is 9.59 Å². The lowest BCUT2D eigenvalue weighted by molar-refractivity contribution is -0.385. The molecule has 0 atom stereocenters. The van der Waals surface area contributed by atoms with Gasteiger partial charge in [-0.05, 0) is 94.8 Å². The lowest BCUT2D eigenvalue weighted by Gasteiger charge is -2.09. The molecule has 10 heteroatoms. The highest BCUT2D eigenvalue weighted by molar-refractivity contribution is 6.32. The summed E-state index contributed by atoms with van der Waals surface area (Å²) in [6.45, 7) is 5.73. The van der Waals surface area contributed by atoms with Crippen LogP contribution in [0.4, 0.5) is 5.69 Å². The molecule has 408 valence electrons. The van der Waals surface area contributed by atoms with Crippen molar-refractivity contribution < 1.29 is 33.5 Å². The average Bonchev–Trinajstić information content (AvgIpc) is 3.44. The molecule has 5 aromatic rings. The van der Waals surface area contributed by atoms with Crippen molar-refractivity contribution in [2.75, 3.05) is 13.2 Å². The van der Waals surface area contributed by atoms with Crippen LogP contribution >= 0.6 is 11.6 Å². The number of benzene rings is 5. The first-order chi connectivity index (χ1) is 37.2. The number of carbonyl (C=O) groups excluding carboxylic acids is 2. The van der Waals surface area contributed by atoms with Crippen LogP contribution in [0.5, 0.6) is 11.5 Å². The second-order valence-electron chi connectivity index (χ2n) is 20.0. The first-order valence-corrected chi connectivity index (χ1v) is 28.9. The molecule has 0 aliphatic heterocycles. The summed E-state index contributed by atoms with van der Waals surface area (Å²) in [6.07, 6.45) is 38.2. The highest BCUT2D eigenvalue weighted by Crippen LogP contribution is 2.30. The Hall–Kier alpha value is -6.19. The zero-order chi connectivity index (χ0) is 53.8. The van der Waals surface area contributed by atoms with Crippen LogP contribution in [-0.2, 0) is 22.7 Å². The number of hydrogen-bond donors (Lipinski definition) is 0. The number of carbonyl (C=O) groups is 2. The molecule has 0 amide bonds. The van der Waals surface area contributed by atoms with E-state index in [9.17, 15) is 19.7 Å². The van der Waals surface area contributed by atoms with Crippen molar-refractivity contribution in [1.82, 2.24) is 0 Å². The molecule has 0 saturated heterocycles. The van der Waals surface area contributed by atoms with Crippen LogP contribution in [0.25, 0.3) is 24.3 Å². The largest absolute Gasteiger partial charge is 0.492 e. The molecular formula is C66H84ClNO8. The second kappa shape index (κ2) is 36.7. The van der Waals surface area contributed by atoms with Crippen LogP contribution in [0.2, 0.25) is 5.02 Å². The van der Waals surface area contributed by atoms with Gasteiger partial charge in [-0.1, -0.05) is 246 Å². The molecule has 0 heterocycles. The predicted octanol–water partition coefficient (Wildman–Crippen LogP) is 19.5. The number of esters is 2. The summed E-state index contributed by atoms with van der Waals surface area (Å²) in [5.74, 6) is 0.0561. The summed E-state index contributed by atoms with van der Waals surface area (Å²) >= 11 is 6.57. The molecule has 0 spiro atoms. The number of unbranched alkanes of at least 4 members (excludes halogenated alkanes) is 22. The van der Waals surface area contributed by atoms with Gasteiger partial charge in [0, 0.05) is 6.07 Å². The number of halogens is 1. The van der Waals surface area contributed by atoms with Gasteiger partial charge in [0.2, 0.25) is 0 Å². The maximum Gasteiger partial charge on any atom is 0.338 e. The van der Waals surface area contributed by atoms with E-state index in [1.807, 2.05) is 72.8 Å². The third-order valence-corrected chi connectivity index (χ3v) is 13.9. The molecule has 9 nitrogen and oxygen atoms in total. The summed E-state index contributed by atoms with van der Waals surface area (Å²) in [5.41, 5.74) is 5.63. The van der Waals surface area contributed by atoms with E-state index in [0.717, 1.165) is 53.5 Å². The summed E-state index contributed by atoms with van der Waals surface area (Å²) in [4.78, 5) is 37.4. The maximum absolute atomic E-state index is 13.0. The molecule has 5 aromatic carbocycles. The summed E-state index contributed by atoms with van der Waals surface area (Å²) in [5, 5.41) is 12.5. The van der Waals surface area contributed by atoms with Gasteiger partial charge in [-0.15, -0.1) is 0 Å². The van der Waals surface area contributed by atoms with Gasteiger partial charge in [-0.2, -0.15) is 0 Å². The highest BCUT2D eigenvalue weighted by atomic mass is 35.5. The molecule has 0 aromatic heterocycles. The molecule has 76 heavy (non-hydrogen) atoms. The number of rotatable bonds is 39. The standard InChI is InChI=1S/C66H84ClNO8/c1-3-5-7-9-11-13-15-17-19-21-23-25-46-73-63-44-38-55(49-61(63)67)32-30-53-34-40-59(41-35-53)65(69)75-51-57-28-27-29-58(48-57)52-76-66(70)60-42-36-54(37-43-60)31-33-56-39-45-64(62(50-56)68(71)72)74-47-26-24-22-20-18-16-14-12-10-8-6-4-2/h27-45,48-50H,3-26,46-47,51-52H2,1-2H3/b32-30+,33-31+. The van der Waals surface area contributed by atoms with Crippen LogP contribution in [0, 0.1) is 10.1 Å². The van der Waals surface area contributed by atoms with E-state index < -0.39 is 16.9 Å². The van der Waals surface area contributed by atoms with Crippen LogP contribution in [-0.4, -0.2) is 30.1 Å². The van der Waals surface area contributed by atoms with Crippen molar-refractivity contribution in [3.05, 3.63) is 169 Å². The lowest BCUT2D eigenvalue weighted by atomic mass is 10.1. The molecule has 0 aliphatic carbocycles. The normalized spacial score (nSPS) is 11.4. The van der Waals surface area contributed by atoms with Gasteiger partial charge in [0.15, 0.2) is 5.75 Å². The Balaban J connectivity index is 0.962. The molecule has 0 N–H and O–H groups in total. The molecule has 0 fully saturated rings. The molecular weight excluding hydrogens is 970 g/mol. The van der Waals surface area contributed by atoms with E-state index in [1.165, 1.54) is 134 Å². The third-order valence-electron chi connectivity index (χ3n) is 13.6. The molecule has 0 saturated carbocycles. The van der Waals surface area contributed by atoms with E-state index in [1.54, 1.807) is 54.6 Å². The fourth-order valence-electron chi connectivity index (χ4n) is 9.01. The van der Waals surface area contributed by atoms with Gasteiger partial charge in [0.25, 0.3) is 0 Å². The molecule has 0 unspecified atom stereocenters. The Kier molecular flexibility index (Phi) is 29.3. The molecule has 0 bridgehead atoms. The number of nitro groups is 1. The van der Waals surface area contributed by atoms with Crippen molar-refractivity contribution >= 4 is 53.5 Å². The van der Waals surface area contributed by atoms with Crippen molar-refractivity contribution in [2.45, 2.75) is 181 Å². The predicted molar refractivity (Wildman–Crippen MR) is 313 cm³/mol. The number of nitrogens with zero attached hydrogens (tertiary/aromatic N) is 1. The topological polar surface area (TPSA) is 114 Å². The van der Waals surface area contributed by atoms with Crippen LogP contribution in [0.15, 0.2) is 109 Å². The molecule has 0 radical (unpaired) electrons. The van der Waals surface area contributed by atoms with Crippen molar-refractivity contribution in [3.63, 3.8) is 0 Å². The minimum absolute atomic E-state index is 0.0404. The van der Waals surface area contributed by atoms with E-state index in [4.69, 9.17) is 30.5 Å². The fraction of sp³-hybridized carbons (Fsp3) is 0.455. The average molecular weight is 1050 g/mol. The van der Waals surface area contributed by atoms with Gasteiger partial charge < -0.3 is 18.9 Å². The SMILES string of the molecule is CCCCCCCCCCCCCCOc1ccc(/C=C/c2ccc(C(=O)OCc3cccc(COC(=O)c4ccc(/C=C/c5ccc(OCCCCCCCCCCCCCC)c([N+](=O)[O-])c5)cc4)c3)cc2)cc1Cl. The minimum atomic E-state index is -0.480. The first kappa shape index (κ1) is 60.7. The van der Waals surface area contributed by atoms with Crippen LogP contribution in [0.1, 0.15) is 222 Å². The van der Waals surface area contributed by atoms with Gasteiger partial charge in [0.1, 0.15) is 19.0 Å². The monoisotopic (exact) mass is 1050 g/mol. The Morgan fingerprint density at radius 1 is 0.447 bits per heavy atom. The van der Waals surface area contributed by atoms with E-state index in [-0.39, 0.29) is 24.7 Å². The molecule has 5 rings (SSSR count). The quantitative estimate of drug-likeness (QED) is 0.0126. The van der Waals surface area contributed by atoms with Crippen molar-refractivity contribution in [1.29, 1.82) is 0 Å². The van der Waals surface area contributed by atoms with E-state index >= 15 is 0 Å². The Bertz CT molecular complexity index is 2520. The zero-order valence-electron chi connectivity index (χ0n) is 45.6. The van der Waals surface area contributed by atoms with E-state index in [2.05, 4.69) is 13.8 Å². The third kappa shape index (κ3) is 24.2. The fourth-order valence-corrected chi connectivity index (χ4v) is 9.25. The second-order valence-corrected chi connectivity index (χ2v) is 20.4. The van der Waals surface area contributed by atoms with Crippen LogP contribution < -0.4 is 9.47 Å². The van der Waals surface area contributed by atoms with Crippen molar-refractivity contribution in [3.8, 4) is 11.5 Å². The highest BCUT2D eigenvalue weighted by Gasteiger charge is 2.16. The maximum atomic E-state index is 13.0. The number of ether oxygens (including phenoxy) is 4. The Labute approximate surface area is 459 Å². The Morgan fingerprint density at radius 3 is 1.21 bits per heavy atom. The summed E-state index contributed by atoms with van der Waals surface area (Å²) in [6, 6.07) is 32.3. The molecule has 0 aliphatic rings. The van der Waals surface area contributed by atoms with Crippen molar-refractivity contribution in [2.24, 2.45) is 0 Å². The van der Waals surface area contributed by atoms with E-state index in [0.29, 0.717) is 40.7 Å². The van der Waals surface area contributed by atoms with Gasteiger partial charge in [0.05, 0.1) is 34.3 Å². The summed E-state index contributed by atoms with van der Waals surface area (Å²) in [7, 11) is 0. The smallest absolute Gasteiger partial charge is 0.338 e. The lowest BCUT2D eigenvalue weighted by Crippen LogP contribution is -2.07.